The SMILES string of the molecule is CCNC(=O)C1=C(C)NC2=N/C(=C/c3ccc(-c4ccc(C)c([N+](=O)[O-])c4)[nH]3)C(=O)C2C1c1ccc[nH]1. The molecule has 10 nitrogen and oxygen atoms in total. The molecular weight excluding hydrogens is 472 g/mol. The number of aliphatic imine (C=N–C) groups is 1. The number of nitro benzene ring substituents is 1. The summed E-state index contributed by atoms with van der Waals surface area (Å²) >= 11 is 0. The number of H-pyrrole nitrogens is 2. The first-order chi connectivity index (χ1) is 17.8. The van der Waals surface area contributed by atoms with Gasteiger partial charge in [0.05, 0.1) is 10.8 Å². The van der Waals surface area contributed by atoms with Gasteiger partial charge in [-0.1, -0.05) is 12.1 Å². The Balaban J connectivity index is 1.48. The van der Waals surface area contributed by atoms with Gasteiger partial charge in [0.25, 0.3) is 5.69 Å². The van der Waals surface area contributed by atoms with Gasteiger partial charge >= 0.3 is 0 Å². The molecule has 0 radical (unpaired) electrons. The smallest absolute Gasteiger partial charge is 0.272 e. The highest BCUT2D eigenvalue weighted by atomic mass is 16.6. The van der Waals surface area contributed by atoms with Crippen molar-refractivity contribution in [2.75, 3.05) is 6.54 Å². The van der Waals surface area contributed by atoms with Gasteiger partial charge in [0, 0.05) is 64.2 Å². The van der Waals surface area contributed by atoms with Crippen LogP contribution < -0.4 is 10.6 Å². The third-order valence-corrected chi connectivity index (χ3v) is 6.69. The van der Waals surface area contributed by atoms with E-state index in [9.17, 15) is 19.7 Å². The van der Waals surface area contributed by atoms with Crippen LogP contribution in [0.1, 0.15) is 36.7 Å². The van der Waals surface area contributed by atoms with Crippen LogP contribution in [-0.2, 0) is 9.59 Å². The number of fused-ring (bicyclic) bond motifs is 1. The van der Waals surface area contributed by atoms with Crippen molar-refractivity contribution in [2.24, 2.45) is 10.9 Å². The van der Waals surface area contributed by atoms with Crippen LogP contribution >= 0.6 is 0 Å². The average molecular weight is 499 g/mol. The third kappa shape index (κ3) is 4.26. The van der Waals surface area contributed by atoms with Gasteiger partial charge in [0.15, 0.2) is 5.78 Å². The van der Waals surface area contributed by atoms with E-state index in [0.717, 1.165) is 5.69 Å². The molecule has 188 valence electrons. The molecule has 0 fully saturated rings. The van der Waals surface area contributed by atoms with E-state index in [-0.39, 0.29) is 23.1 Å². The quantitative estimate of drug-likeness (QED) is 0.231. The highest BCUT2D eigenvalue weighted by molar-refractivity contribution is 6.22. The predicted molar refractivity (Wildman–Crippen MR) is 140 cm³/mol. The number of allylic oxidation sites excluding steroid dienone is 2. The van der Waals surface area contributed by atoms with E-state index in [4.69, 9.17) is 0 Å². The number of nitrogens with zero attached hydrogens (tertiary/aromatic N) is 2. The molecule has 4 N–H and O–H groups in total. The van der Waals surface area contributed by atoms with Gasteiger partial charge in [-0.3, -0.25) is 19.7 Å². The number of amides is 1. The van der Waals surface area contributed by atoms with Crippen LogP contribution in [0.4, 0.5) is 5.69 Å². The lowest BCUT2D eigenvalue weighted by Crippen LogP contribution is -2.44. The van der Waals surface area contributed by atoms with E-state index in [1.165, 1.54) is 6.07 Å². The van der Waals surface area contributed by atoms with Crippen LogP contribution in [0, 0.1) is 23.0 Å². The predicted octanol–water partition coefficient (Wildman–Crippen LogP) is 3.96. The highest BCUT2D eigenvalue weighted by Crippen LogP contribution is 2.41. The van der Waals surface area contributed by atoms with Gasteiger partial charge in [-0.15, -0.1) is 0 Å². The summed E-state index contributed by atoms with van der Waals surface area (Å²) < 4.78 is 0. The first kappa shape index (κ1) is 24.0. The number of aromatic nitrogens is 2. The van der Waals surface area contributed by atoms with Crippen LogP contribution in [0.2, 0.25) is 0 Å². The fraction of sp³-hybridized carbons (Fsp3) is 0.222. The molecule has 2 aromatic heterocycles. The van der Waals surface area contributed by atoms with Crippen LogP contribution in [0.3, 0.4) is 0 Å². The van der Waals surface area contributed by atoms with Gasteiger partial charge in [0.1, 0.15) is 11.5 Å². The summed E-state index contributed by atoms with van der Waals surface area (Å²) in [6.07, 6.45) is 3.43. The van der Waals surface area contributed by atoms with E-state index in [1.807, 2.05) is 32.0 Å². The Morgan fingerprint density at radius 1 is 1.19 bits per heavy atom. The molecule has 0 aliphatic carbocycles. The van der Waals surface area contributed by atoms with Crippen molar-refractivity contribution < 1.29 is 14.5 Å². The van der Waals surface area contributed by atoms with Crippen molar-refractivity contribution in [3.63, 3.8) is 0 Å². The van der Waals surface area contributed by atoms with E-state index < -0.39 is 16.8 Å². The lowest BCUT2D eigenvalue weighted by Gasteiger charge is -2.32. The molecule has 2 atom stereocenters. The molecule has 2 aliphatic rings. The number of rotatable bonds is 6. The Kier molecular flexibility index (Phi) is 6.08. The summed E-state index contributed by atoms with van der Waals surface area (Å²) in [6.45, 7) is 5.82. The lowest BCUT2D eigenvalue weighted by atomic mass is 9.77. The largest absolute Gasteiger partial charge is 0.364 e. The van der Waals surface area contributed by atoms with Crippen molar-refractivity contribution >= 4 is 29.3 Å². The molecule has 10 heteroatoms. The number of ketones is 1. The van der Waals surface area contributed by atoms with Crippen LogP contribution in [-0.4, -0.2) is 39.0 Å². The zero-order valence-electron chi connectivity index (χ0n) is 20.6. The number of carbonyl (C=O) groups is 2. The second-order valence-corrected chi connectivity index (χ2v) is 9.08. The topological polar surface area (TPSA) is 145 Å². The average Bonchev–Trinajstić information content (AvgIpc) is 3.61. The van der Waals surface area contributed by atoms with Gasteiger partial charge in [-0.25, -0.2) is 4.99 Å². The van der Waals surface area contributed by atoms with Crippen molar-refractivity contribution in [1.82, 2.24) is 20.6 Å². The number of aromatic amines is 2. The highest BCUT2D eigenvalue weighted by Gasteiger charge is 2.47. The molecule has 4 heterocycles. The number of nitro groups is 1. The molecule has 0 saturated carbocycles. The molecule has 1 aromatic carbocycles. The van der Waals surface area contributed by atoms with Crippen molar-refractivity contribution in [3.05, 3.63) is 92.7 Å². The monoisotopic (exact) mass is 498 g/mol. The minimum Gasteiger partial charge on any atom is -0.364 e. The number of benzene rings is 1. The Bertz CT molecular complexity index is 1510. The van der Waals surface area contributed by atoms with Crippen LogP contribution in [0.15, 0.2) is 70.6 Å². The van der Waals surface area contributed by atoms with Crippen molar-refractivity contribution in [1.29, 1.82) is 0 Å². The molecule has 0 saturated heterocycles. The fourth-order valence-corrected chi connectivity index (χ4v) is 4.94. The molecule has 37 heavy (non-hydrogen) atoms. The summed E-state index contributed by atoms with van der Waals surface area (Å²) in [4.78, 5) is 48.5. The summed E-state index contributed by atoms with van der Waals surface area (Å²) in [5.74, 6) is -1.09. The summed E-state index contributed by atoms with van der Waals surface area (Å²) in [6, 6.07) is 12.3. The summed E-state index contributed by atoms with van der Waals surface area (Å²) in [7, 11) is 0. The zero-order chi connectivity index (χ0) is 26.3. The number of Topliss-reactive ketones (excluding diaryl/α,β-unsaturated/α-hetero) is 1. The van der Waals surface area contributed by atoms with E-state index in [1.54, 1.807) is 37.4 Å². The number of aryl methyl sites for hydroxylation is 1. The minimum atomic E-state index is -0.666. The summed E-state index contributed by atoms with van der Waals surface area (Å²) in [5.41, 5.74) is 4.79. The normalized spacial score (nSPS) is 20.0. The number of carbonyl (C=O) groups excluding carboxylic acids is 2. The molecule has 0 bridgehead atoms. The Morgan fingerprint density at radius 3 is 2.70 bits per heavy atom. The Morgan fingerprint density at radius 2 is 2.00 bits per heavy atom. The zero-order valence-corrected chi connectivity index (χ0v) is 20.6. The van der Waals surface area contributed by atoms with Crippen molar-refractivity contribution in [2.45, 2.75) is 26.7 Å². The molecule has 1 amide bonds. The first-order valence-electron chi connectivity index (χ1n) is 12.0. The van der Waals surface area contributed by atoms with Gasteiger partial charge in [0.2, 0.25) is 5.91 Å². The number of amidine groups is 1. The van der Waals surface area contributed by atoms with Crippen molar-refractivity contribution in [3.8, 4) is 11.3 Å². The van der Waals surface area contributed by atoms with E-state index in [2.05, 4.69) is 25.6 Å². The van der Waals surface area contributed by atoms with E-state index in [0.29, 0.717) is 46.2 Å². The van der Waals surface area contributed by atoms with Gasteiger partial charge in [-0.05, 0) is 51.1 Å². The van der Waals surface area contributed by atoms with Gasteiger partial charge in [-0.2, -0.15) is 0 Å². The van der Waals surface area contributed by atoms with Crippen LogP contribution in [0.25, 0.3) is 17.3 Å². The Labute approximate surface area is 212 Å². The Hall–Kier alpha value is -4.73. The molecule has 2 unspecified atom stereocenters. The first-order valence-corrected chi connectivity index (χ1v) is 12.0. The maximum Gasteiger partial charge on any atom is 0.272 e. The van der Waals surface area contributed by atoms with Crippen LogP contribution in [0.5, 0.6) is 0 Å². The maximum atomic E-state index is 13.6. The second kappa shape index (κ2) is 9.38. The number of hydrogen-bond acceptors (Lipinski definition) is 6. The number of nitrogens with one attached hydrogen (secondary N) is 4. The maximum absolute atomic E-state index is 13.6. The number of likely N-dealkylation sites (N-methyl/N-ethyl adjacent to an activating group) is 1. The van der Waals surface area contributed by atoms with Gasteiger partial charge < -0.3 is 20.6 Å². The molecule has 2 aliphatic heterocycles. The third-order valence-electron chi connectivity index (χ3n) is 6.69. The fourth-order valence-electron chi connectivity index (χ4n) is 4.94. The lowest BCUT2D eigenvalue weighted by molar-refractivity contribution is -0.385. The number of hydrogen-bond donors (Lipinski definition) is 4. The summed E-state index contributed by atoms with van der Waals surface area (Å²) in [5, 5.41) is 17.4. The molecule has 0 spiro atoms. The standard InChI is InChI=1S/C27H26N6O4/c1-4-28-27(35)22-15(3)30-26-24(23(22)19-6-5-11-29-19)25(34)20(32-26)13-17-9-10-18(31-17)16-8-7-14(2)21(12-16)33(36)37/h5-13,23-24,29,31H,4H2,1-3H3,(H,28,35)(H,30,32)/b20-13+. The molecule has 3 aromatic rings. The second-order valence-electron chi connectivity index (χ2n) is 9.08. The van der Waals surface area contributed by atoms with E-state index >= 15 is 0 Å². The molecule has 5 rings (SSSR count). The molecular formula is C27H26N6O4. The minimum absolute atomic E-state index is 0.0423.